The molecule has 0 radical (unpaired) electrons. The van der Waals surface area contributed by atoms with Crippen LogP contribution in [0.5, 0.6) is 11.5 Å². The summed E-state index contributed by atoms with van der Waals surface area (Å²) in [5, 5.41) is 14.5. The van der Waals surface area contributed by atoms with Gasteiger partial charge in [-0.25, -0.2) is 0 Å². The normalized spacial score (nSPS) is 18.0. The molecule has 1 aromatic rings. The lowest BCUT2D eigenvalue weighted by Crippen LogP contribution is -2.50. The van der Waals surface area contributed by atoms with E-state index in [4.69, 9.17) is 14.2 Å². The van der Waals surface area contributed by atoms with E-state index in [1.165, 1.54) is 0 Å². The van der Waals surface area contributed by atoms with Gasteiger partial charge in [0.05, 0.1) is 6.61 Å². The Labute approximate surface area is 161 Å². The first-order chi connectivity index (χ1) is 13.3. The van der Waals surface area contributed by atoms with E-state index in [0.717, 1.165) is 11.6 Å². The summed E-state index contributed by atoms with van der Waals surface area (Å²) in [5.41, 5.74) is -0.0410. The van der Waals surface area contributed by atoms with Crippen LogP contribution in [0.2, 0.25) is 0 Å². The van der Waals surface area contributed by atoms with Gasteiger partial charge >= 0.3 is 0 Å². The number of hydrogen-bond donors (Lipinski definition) is 3. The number of aliphatic hydroxyl groups is 1. The third-order valence-electron chi connectivity index (χ3n) is 4.21. The highest BCUT2D eigenvalue weighted by molar-refractivity contribution is 6.03. The number of rotatable bonds is 6. The Morgan fingerprint density at radius 3 is 2.71 bits per heavy atom. The topological polar surface area (TPSA) is 123 Å². The molecule has 0 bridgehead atoms. The van der Waals surface area contributed by atoms with Gasteiger partial charge < -0.3 is 30.0 Å². The van der Waals surface area contributed by atoms with Crippen LogP contribution in [0.1, 0.15) is 25.8 Å². The number of fused-ring (bicyclic) bond motifs is 1. The lowest BCUT2D eigenvalue weighted by atomic mass is 9.98. The number of carbonyl (C=O) groups is 3. The zero-order valence-electron chi connectivity index (χ0n) is 15.6. The number of carbonyl (C=O) groups excluding carboxylic acids is 3. The monoisotopic (exact) mass is 390 g/mol. The number of nitrogens with one attached hydrogen (secondary N) is 2. The SMILES string of the molecule is CC1(C)CC(=O)C=C(C(=O)N[C@@H](CO)C(=O)NCc2ccc3c(c2)OCO3)O1. The van der Waals surface area contributed by atoms with E-state index in [2.05, 4.69) is 10.6 Å². The molecule has 0 spiro atoms. The highest BCUT2D eigenvalue weighted by Gasteiger charge is 2.33. The van der Waals surface area contributed by atoms with Gasteiger partial charge in [0.25, 0.3) is 5.91 Å². The highest BCUT2D eigenvalue weighted by Crippen LogP contribution is 2.32. The molecule has 0 saturated heterocycles. The van der Waals surface area contributed by atoms with Gasteiger partial charge in [-0.1, -0.05) is 6.07 Å². The van der Waals surface area contributed by atoms with Crippen LogP contribution in [0.4, 0.5) is 0 Å². The van der Waals surface area contributed by atoms with Crippen molar-refractivity contribution in [3.05, 3.63) is 35.6 Å². The molecule has 0 aromatic heterocycles. The fraction of sp³-hybridized carbons (Fsp3) is 0.421. The summed E-state index contributed by atoms with van der Waals surface area (Å²) >= 11 is 0. The van der Waals surface area contributed by atoms with Crippen LogP contribution in [0.3, 0.4) is 0 Å². The fourth-order valence-electron chi connectivity index (χ4n) is 2.88. The summed E-state index contributed by atoms with van der Waals surface area (Å²) in [5.74, 6) is -0.507. The van der Waals surface area contributed by atoms with Crippen molar-refractivity contribution >= 4 is 17.6 Å². The van der Waals surface area contributed by atoms with Crippen LogP contribution in [0.25, 0.3) is 0 Å². The van der Waals surface area contributed by atoms with Crippen LogP contribution >= 0.6 is 0 Å². The van der Waals surface area contributed by atoms with Crippen molar-refractivity contribution in [2.24, 2.45) is 0 Å². The first-order valence-corrected chi connectivity index (χ1v) is 8.79. The van der Waals surface area contributed by atoms with Crippen molar-refractivity contribution in [3.63, 3.8) is 0 Å². The first-order valence-electron chi connectivity index (χ1n) is 8.79. The van der Waals surface area contributed by atoms with Crippen molar-refractivity contribution in [3.8, 4) is 11.5 Å². The molecule has 0 saturated carbocycles. The standard InChI is InChI=1S/C19H22N2O7/c1-19(2)7-12(23)6-16(28-19)18(25)21-13(9-22)17(24)20-8-11-3-4-14-15(5-11)27-10-26-14/h3-6,13,22H,7-10H2,1-2H3,(H,20,24)(H,21,25)/t13-/m0/s1. The molecule has 28 heavy (non-hydrogen) atoms. The maximum absolute atomic E-state index is 12.3. The van der Waals surface area contributed by atoms with E-state index < -0.39 is 30.1 Å². The molecule has 0 unspecified atom stereocenters. The van der Waals surface area contributed by atoms with Crippen LogP contribution in [0, 0.1) is 0 Å². The Hall–Kier alpha value is -3.07. The predicted molar refractivity (Wildman–Crippen MR) is 96.3 cm³/mol. The summed E-state index contributed by atoms with van der Waals surface area (Å²) in [6.07, 6.45) is 1.25. The second-order valence-corrected chi connectivity index (χ2v) is 7.13. The van der Waals surface area contributed by atoms with Crippen LogP contribution in [0.15, 0.2) is 30.0 Å². The second-order valence-electron chi connectivity index (χ2n) is 7.13. The number of hydrogen-bond acceptors (Lipinski definition) is 7. The van der Waals surface area contributed by atoms with Crippen LogP contribution in [-0.2, 0) is 25.7 Å². The molecule has 3 rings (SSSR count). The molecule has 2 aliphatic heterocycles. The summed E-state index contributed by atoms with van der Waals surface area (Å²) in [7, 11) is 0. The zero-order valence-corrected chi connectivity index (χ0v) is 15.6. The van der Waals surface area contributed by atoms with Crippen molar-refractivity contribution in [2.75, 3.05) is 13.4 Å². The summed E-state index contributed by atoms with van der Waals surface area (Å²) < 4.78 is 16.0. The first kappa shape index (κ1) is 19.7. The molecule has 3 N–H and O–H groups in total. The number of allylic oxidation sites excluding steroid dienone is 1. The Kier molecular flexibility index (Phi) is 5.55. The van der Waals surface area contributed by atoms with Crippen LogP contribution in [-0.4, -0.2) is 47.7 Å². The second kappa shape index (κ2) is 7.89. The Morgan fingerprint density at radius 1 is 1.25 bits per heavy atom. The van der Waals surface area contributed by atoms with E-state index in [9.17, 15) is 19.5 Å². The Bertz CT molecular complexity index is 832. The third kappa shape index (κ3) is 4.61. The minimum Gasteiger partial charge on any atom is -0.482 e. The van der Waals surface area contributed by atoms with E-state index in [1.54, 1.807) is 32.0 Å². The molecule has 9 nitrogen and oxygen atoms in total. The van der Waals surface area contributed by atoms with Gasteiger partial charge in [0.1, 0.15) is 11.6 Å². The molecule has 9 heteroatoms. The number of ketones is 1. The van der Waals surface area contributed by atoms with Gasteiger partial charge in [-0.2, -0.15) is 0 Å². The lowest BCUT2D eigenvalue weighted by molar-refractivity contribution is -0.134. The minimum absolute atomic E-state index is 0.154. The molecule has 150 valence electrons. The molecular weight excluding hydrogens is 368 g/mol. The molecule has 2 aliphatic rings. The molecule has 2 heterocycles. The van der Waals surface area contributed by atoms with Crippen molar-refractivity contribution < 1.29 is 33.7 Å². The van der Waals surface area contributed by atoms with Gasteiger partial charge in [-0.15, -0.1) is 0 Å². The molecule has 0 fully saturated rings. The van der Waals surface area contributed by atoms with Gasteiger partial charge in [0.2, 0.25) is 12.7 Å². The Morgan fingerprint density at radius 2 is 2.00 bits per heavy atom. The number of aliphatic hydroxyl groups excluding tert-OH is 1. The van der Waals surface area contributed by atoms with Crippen molar-refractivity contribution in [2.45, 2.75) is 38.5 Å². The van der Waals surface area contributed by atoms with Gasteiger partial charge in [0.15, 0.2) is 23.0 Å². The molecule has 1 aromatic carbocycles. The summed E-state index contributed by atoms with van der Waals surface area (Å²) in [4.78, 5) is 36.4. The predicted octanol–water partition coefficient (Wildman–Crippen LogP) is 0.160. The maximum atomic E-state index is 12.3. The maximum Gasteiger partial charge on any atom is 0.287 e. The average molecular weight is 390 g/mol. The number of benzene rings is 1. The van der Waals surface area contributed by atoms with E-state index in [-0.39, 0.29) is 31.3 Å². The summed E-state index contributed by atoms with van der Waals surface area (Å²) in [6.45, 7) is 3.09. The Balaban J connectivity index is 1.57. The fourth-order valence-corrected chi connectivity index (χ4v) is 2.88. The molecule has 1 atom stereocenters. The largest absolute Gasteiger partial charge is 0.482 e. The quantitative estimate of drug-likeness (QED) is 0.632. The van der Waals surface area contributed by atoms with E-state index in [0.29, 0.717) is 11.5 Å². The number of ether oxygens (including phenoxy) is 3. The van der Waals surface area contributed by atoms with E-state index >= 15 is 0 Å². The zero-order chi connectivity index (χ0) is 20.3. The molecule has 2 amide bonds. The highest BCUT2D eigenvalue weighted by atomic mass is 16.7. The van der Waals surface area contributed by atoms with Crippen molar-refractivity contribution in [1.82, 2.24) is 10.6 Å². The average Bonchev–Trinajstić information content (AvgIpc) is 3.10. The number of amides is 2. The smallest absolute Gasteiger partial charge is 0.287 e. The van der Waals surface area contributed by atoms with Gasteiger partial charge in [-0.3, -0.25) is 14.4 Å². The van der Waals surface area contributed by atoms with Gasteiger partial charge in [-0.05, 0) is 31.5 Å². The van der Waals surface area contributed by atoms with Crippen LogP contribution < -0.4 is 20.1 Å². The van der Waals surface area contributed by atoms with Gasteiger partial charge in [0, 0.05) is 19.0 Å². The third-order valence-corrected chi connectivity index (χ3v) is 4.21. The van der Waals surface area contributed by atoms with Crippen molar-refractivity contribution in [1.29, 1.82) is 0 Å². The van der Waals surface area contributed by atoms with E-state index in [1.807, 2.05) is 0 Å². The molecular formula is C19H22N2O7. The molecule has 0 aliphatic carbocycles. The lowest BCUT2D eigenvalue weighted by Gasteiger charge is -2.30. The minimum atomic E-state index is -1.19. The summed E-state index contributed by atoms with van der Waals surface area (Å²) in [6, 6.07) is 4.06.